The van der Waals surface area contributed by atoms with E-state index in [0.717, 1.165) is 23.5 Å². The van der Waals surface area contributed by atoms with Crippen LogP contribution in [-0.4, -0.2) is 24.3 Å². The fourth-order valence-corrected chi connectivity index (χ4v) is 4.74. The van der Waals surface area contributed by atoms with Crippen molar-refractivity contribution in [1.29, 1.82) is 0 Å². The molecule has 3 rings (SSSR count). The van der Waals surface area contributed by atoms with Crippen LogP contribution in [0.15, 0.2) is 54.6 Å². The van der Waals surface area contributed by atoms with Crippen LogP contribution in [-0.2, 0) is 22.4 Å². The van der Waals surface area contributed by atoms with Gasteiger partial charge in [-0.25, -0.2) is 0 Å². The van der Waals surface area contributed by atoms with Gasteiger partial charge in [-0.05, 0) is 67.2 Å². The predicted octanol–water partition coefficient (Wildman–Crippen LogP) is 6.17. The molecular weight excluding hydrogens is 422 g/mol. The molecule has 0 aromatic heterocycles. The Hall–Kier alpha value is -2.62. The fourth-order valence-electron chi connectivity index (χ4n) is 4.74. The lowest BCUT2D eigenvalue weighted by Crippen LogP contribution is -2.47. The van der Waals surface area contributed by atoms with E-state index in [-0.39, 0.29) is 23.0 Å². The summed E-state index contributed by atoms with van der Waals surface area (Å²) in [6.45, 7) is 8.57. The van der Waals surface area contributed by atoms with E-state index in [4.69, 9.17) is 4.74 Å². The average molecular weight is 464 g/mol. The Morgan fingerprint density at radius 2 is 1.53 bits per heavy atom. The van der Waals surface area contributed by atoms with Gasteiger partial charge in [0.25, 0.3) is 0 Å². The van der Waals surface area contributed by atoms with E-state index in [2.05, 4.69) is 26.1 Å². The third-order valence-electron chi connectivity index (χ3n) is 7.03. The molecule has 0 aliphatic heterocycles. The van der Waals surface area contributed by atoms with Crippen molar-refractivity contribution in [3.8, 4) is 5.75 Å². The number of ketones is 1. The predicted molar refractivity (Wildman–Crippen MR) is 138 cm³/mol. The second-order valence-corrected chi connectivity index (χ2v) is 10.9. The molecule has 1 aliphatic carbocycles. The summed E-state index contributed by atoms with van der Waals surface area (Å²) in [4.78, 5) is 25.7. The lowest BCUT2D eigenvalue weighted by molar-refractivity contribution is -0.132. The Bertz CT molecular complexity index is 908. The average Bonchev–Trinajstić information content (AvgIpc) is 2.82. The van der Waals surface area contributed by atoms with E-state index in [0.29, 0.717) is 18.8 Å². The van der Waals surface area contributed by atoms with E-state index in [1.54, 1.807) is 6.92 Å². The fraction of sp³-hybridized carbons (Fsp3) is 0.533. The van der Waals surface area contributed by atoms with Crippen LogP contribution in [0.25, 0.3) is 0 Å². The first kappa shape index (κ1) is 26.0. The summed E-state index contributed by atoms with van der Waals surface area (Å²) in [7, 11) is 0. The van der Waals surface area contributed by atoms with E-state index < -0.39 is 6.04 Å². The monoisotopic (exact) mass is 463 g/mol. The Morgan fingerprint density at radius 3 is 2.12 bits per heavy atom. The molecule has 0 spiro atoms. The Kier molecular flexibility index (Phi) is 9.32. The lowest BCUT2D eigenvalue weighted by atomic mass is 9.76. The summed E-state index contributed by atoms with van der Waals surface area (Å²) in [6, 6.07) is 17.5. The van der Waals surface area contributed by atoms with Gasteiger partial charge in [0.1, 0.15) is 5.75 Å². The highest BCUT2D eigenvalue weighted by Gasteiger charge is 2.33. The topological polar surface area (TPSA) is 55.4 Å². The maximum Gasteiger partial charge on any atom is 0.224 e. The zero-order chi connectivity index (χ0) is 24.6. The summed E-state index contributed by atoms with van der Waals surface area (Å²) in [5.41, 5.74) is 1.92. The van der Waals surface area contributed by atoms with E-state index in [9.17, 15) is 9.59 Å². The quantitative estimate of drug-likeness (QED) is 0.459. The van der Waals surface area contributed by atoms with E-state index >= 15 is 0 Å². The number of hydrogen-bond acceptors (Lipinski definition) is 3. The molecular formula is C30H41NO3. The lowest BCUT2D eigenvalue weighted by Gasteiger charge is -2.31. The van der Waals surface area contributed by atoms with Crippen molar-refractivity contribution in [3.05, 3.63) is 65.7 Å². The standard InChI is InChI=1S/C30H41NO3/c1-22(32)28(31-29(33)27(30(2,3)4)19-23-11-7-5-8-12-23)20-24-15-17-26(18-16-24)34-21-25-13-9-6-10-14-25/h5,7-8,11-12,15-18,25,27-28H,6,9-10,13-14,19-21H2,1-4H3,(H,31,33)/t27?,28-/m0/s1. The van der Waals surface area contributed by atoms with Crippen LogP contribution in [0.5, 0.6) is 5.75 Å². The number of amides is 1. The van der Waals surface area contributed by atoms with Gasteiger partial charge in [0.05, 0.1) is 12.6 Å². The molecule has 2 aromatic rings. The minimum Gasteiger partial charge on any atom is -0.493 e. The smallest absolute Gasteiger partial charge is 0.224 e. The first-order valence-corrected chi connectivity index (χ1v) is 12.8. The van der Waals surface area contributed by atoms with Gasteiger partial charge in [0, 0.05) is 5.92 Å². The van der Waals surface area contributed by atoms with Crippen LogP contribution in [0.3, 0.4) is 0 Å². The molecule has 34 heavy (non-hydrogen) atoms. The van der Waals surface area contributed by atoms with Crippen molar-refractivity contribution in [2.75, 3.05) is 6.61 Å². The summed E-state index contributed by atoms with van der Waals surface area (Å²) in [5.74, 6) is 1.21. The molecule has 1 saturated carbocycles. The molecule has 0 saturated heterocycles. The second kappa shape index (κ2) is 12.2. The number of hydrogen-bond donors (Lipinski definition) is 1. The summed E-state index contributed by atoms with van der Waals surface area (Å²) < 4.78 is 6.01. The molecule has 2 aromatic carbocycles. The van der Waals surface area contributed by atoms with E-state index in [1.807, 2.05) is 54.6 Å². The van der Waals surface area contributed by atoms with Crippen molar-refractivity contribution in [3.63, 3.8) is 0 Å². The van der Waals surface area contributed by atoms with Gasteiger partial charge in [-0.2, -0.15) is 0 Å². The third-order valence-corrected chi connectivity index (χ3v) is 7.03. The SMILES string of the molecule is CC(=O)[C@H](Cc1ccc(OCC2CCCCC2)cc1)NC(=O)C(Cc1ccccc1)C(C)(C)C. The number of ether oxygens (including phenoxy) is 1. The van der Waals surface area contributed by atoms with Crippen molar-refractivity contribution >= 4 is 11.7 Å². The Balaban J connectivity index is 1.60. The number of benzene rings is 2. The molecule has 0 radical (unpaired) electrons. The van der Waals surface area contributed by atoms with Gasteiger partial charge in [-0.3, -0.25) is 9.59 Å². The van der Waals surface area contributed by atoms with Crippen LogP contribution in [0.1, 0.15) is 70.9 Å². The highest BCUT2D eigenvalue weighted by molar-refractivity contribution is 5.89. The molecule has 1 fully saturated rings. The number of nitrogens with one attached hydrogen (secondary N) is 1. The first-order chi connectivity index (χ1) is 16.2. The highest BCUT2D eigenvalue weighted by atomic mass is 16.5. The number of Topliss-reactive ketones (excluding diaryl/α,β-unsaturated/α-hetero) is 1. The number of carbonyl (C=O) groups is 2. The number of rotatable bonds is 10. The second-order valence-electron chi connectivity index (χ2n) is 10.9. The number of carbonyl (C=O) groups excluding carboxylic acids is 2. The van der Waals surface area contributed by atoms with Gasteiger partial charge >= 0.3 is 0 Å². The Morgan fingerprint density at radius 1 is 0.912 bits per heavy atom. The zero-order valence-corrected chi connectivity index (χ0v) is 21.3. The highest BCUT2D eigenvalue weighted by Crippen LogP contribution is 2.30. The van der Waals surface area contributed by atoms with Gasteiger partial charge in [0.2, 0.25) is 5.91 Å². The first-order valence-electron chi connectivity index (χ1n) is 12.8. The summed E-state index contributed by atoms with van der Waals surface area (Å²) >= 11 is 0. The van der Waals surface area contributed by atoms with Crippen LogP contribution in [0, 0.1) is 17.3 Å². The summed E-state index contributed by atoms with van der Waals surface area (Å²) in [5, 5.41) is 3.05. The van der Waals surface area contributed by atoms with Crippen molar-refractivity contribution < 1.29 is 14.3 Å². The van der Waals surface area contributed by atoms with Gasteiger partial charge in [0.15, 0.2) is 5.78 Å². The molecule has 1 aliphatic rings. The van der Waals surface area contributed by atoms with Gasteiger partial charge in [-0.1, -0.05) is 82.5 Å². The molecule has 184 valence electrons. The van der Waals surface area contributed by atoms with Crippen LogP contribution in [0.2, 0.25) is 0 Å². The minimum atomic E-state index is -0.540. The van der Waals surface area contributed by atoms with Crippen LogP contribution in [0.4, 0.5) is 0 Å². The molecule has 4 nitrogen and oxygen atoms in total. The minimum absolute atomic E-state index is 0.0293. The van der Waals surface area contributed by atoms with Gasteiger partial charge in [-0.15, -0.1) is 0 Å². The third kappa shape index (κ3) is 8.00. The maximum atomic E-state index is 13.3. The Labute approximate surface area is 205 Å². The molecule has 1 unspecified atom stereocenters. The van der Waals surface area contributed by atoms with Crippen molar-refractivity contribution in [1.82, 2.24) is 5.32 Å². The van der Waals surface area contributed by atoms with Crippen molar-refractivity contribution in [2.24, 2.45) is 17.3 Å². The summed E-state index contributed by atoms with van der Waals surface area (Å²) in [6.07, 6.45) is 7.62. The van der Waals surface area contributed by atoms with Crippen LogP contribution >= 0.6 is 0 Å². The van der Waals surface area contributed by atoms with Gasteiger partial charge < -0.3 is 10.1 Å². The van der Waals surface area contributed by atoms with Crippen LogP contribution < -0.4 is 10.1 Å². The molecule has 1 amide bonds. The molecule has 2 atom stereocenters. The molecule has 0 heterocycles. The van der Waals surface area contributed by atoms with Crippen molar-refractivity contribution in [2.45, 2.75) is 78.7 Å². The zero-order valence-electron chi connectivity index (χ0n) is 21.3. The molecule has 0 bridgehead atoms. The maximum absolute atomic E-state index is 13.3. The largest absolute Gasteiger partial charge is 0.493 e. The van der Waals surface area contributed by atoms with E-state index in [1.165, 1.54) is 32.1 Å². The normalized spacial score (nSPS) is 16.5. The molecule has 4 heteroatoms. The molecule has 1 N–H and O–H groups in total.